The molecule has 1 unspecified atom stereocenters. The Balaban J connectivity index is 1.86. The highest BCUT2D eigenvalue weighted by Gasteiger charge is 2.47. The molecule has 0 aliphatic carbocycles. The van der Waals surface area contributed by atoms with Crippen LogP contribution in [-0.4, -0.2) is 30.0 Å². The third-order valence-electron chi connectivity index (χ3n) is 5.49. The molecule has 0 saturated carbocycles. The Labute approximate surface area is 203 Å². The largest absolute Gasteiger partial charge is 0.507 e. The van der Waals surface area contributed by atoms with E-state index in [-0.39, 0.29) is 11.3 Å². The summed E-state index contributed by atoms with van der Waals surface area (Å²) in [5, 5.41) is 11.6. The predicted molar refractivity (Wildman–Crippen MR) is 131 cm³/mol. The van der Waals surface area contributed by atoms with E-state index < -0.39 is 17.7 Å². The van der Waals surface area contributed by atoms with Crippen LogP contribution in [-0.2, 0) is 9.59 Å². The third kappa shape index (κ3) is 4.50. The Kier molecular flexibility index (Phi) is 6.89. The van der Waals surface area contributed by atoms with Gasteiger partial charge in [-0.05, 0) is 80.1 Å². The minimum atomic E-state index is -0.829. The number of aliphatic hydroxyl groups is 1. The lowest BCUT2D eigenvalue weighted by molar-refractivity contribution is -0.132. The molecule has 0 spiro atoms. The summed E-state index contributed by atoms with van der Waals surface area (Å²) in [5.74, 6) is -0.426. The number of Topliss-reactive ketones (excluding diaryl/α,β-unsaturated/α-hetero) is 1. The SMILES string of the molecule is CCOc1ccc(C2/C(=C(\O)c3ccc(Cl)cc3)C(=O)C(=O)N2c2ccc(OCC)cc2)cc1. The first-order valence-electron chi connectivity index (χ1n) is 11.0. The first kappa shape index (κ1) is 23.4. The Morgan fingerprint density at radius 2 is 1.38 bits per heavy atom. The molecule has 0 aromatic heterocycles. The van der Waals surface area contributed by atoms with Crippen LogP contribution >= 0.6 is 11.6 Å². The van der Waals surface area contributed by atoms with Crippen LogP contribution < -0.4 is 14.4 Å². The molecule has 1 heterocycles. The fraction of sp³-hybridized carbons (Fsp3) is 0.185. The van der Waals surface area contributed by atoms with Crippen LogP contribution in [0.25, 0.3) is 5.76 Å². The van der Waals surface area contributed by atoms with Gasteiger partial charge in [-0.25, -0.2) is 0 Å². The highest BCUT2D eigenvalue weighted by molar-refractivity contribution is 6.51. The third-order valence-corrected chi connectivity index (χ3v) is 5.75. The van der Waals surface area contributed by atoms with Gasteiger partial charge >= 0.3 is 0 Å². The Morgan fingerprint density at radius 3 is 1.91 bits per heavy atom. The van der Waals surface area contributed by atoms with Gasteiger partial charge in [0, 0.05) is 16.3 Å². The molecule has 34 heavy (non-hydrogen) atoms. The van der Waals surface area contributed by atoms with Crippen molar-refractivity contribution in [2.75, 3.05) is 18.1 Å². The highest BCUT2D eigenvalue weighted by atomic mass is 35.5. The fourth-order valence-electron chi connectivity index (χ4n) is 3.96. The van der Waals surface area contributed by atoms with Gasteiger partial charge in [-0.15, -0.1) is 0 Å². The molecule has 6 nitrogen and oxygen atoms in total. The molecule has 3 aromatic carbocycles. The van der Waals surface area contributed by atoms with Crippen LogP contribution in [0.15, 0.2) is 78.4 Å². The van der Waals surface area contributed by atoms with Crippen LogP contribution in [0.3, 0.4) is 0 Å². The van der Waals surface area contributed by atoms with Crippen LogP contribution in [0.5, 0.6) is 11.5 Å². The van der Waals surface area contributed by atoms with Crippen LogP contribution in [0.4, 0.5) is 5.69 Å². The van der Waals surface area contributed by atoms with Crippen molar-refractivity contribution in [3.8, 4) is 11.5 Å². The number of carbonyl (C=O) groups is 2. The maximum atomic E-state index is 13.2. The molecule has 1 N–H and O–H groups in total. The van der Waals surface area contributed by atoms with Gasteiger partial charge in [0.25, 0.3) is 11.7 Å². The van der Waals surface area contributed by atoms with Crippen LogP contribution in [0.1, 0.15) is 31.0 Å². The summed E-state index contributed by atoms with van der Waals surface area (Å²) in [6.45, 7) is 4.80. The van der Waals surface area contributed by atoms with Gasteiger partial charge in [0.15, 0.2) is 0 Å². The van der Waals surface area contributed by atoms with Gasteiger partial charge in [0.05, 0.1) is 24.8 Å². The smallest absolute Gasteiger partial charge is 0.300 e. The van der Waals surface area contributed by atoms with Crippen LogP contribution in [0.2, 0.25) is 5.02 Å². The number of ketones is 1. The molecule has 7 heteroatoms. The quantitative estimate of drug-likeness (QED) is 0.266. The zero-order valence-corrected chi connectivity index (χ0v) is 19.6. The number of halogens is 1. The summed E-state index contributed by atoms with van der Waals surface area (Å²) in [4.78, 5) is 27.8. The van der Waals surface area contributed by atoms with Gasteiger partial charge in [0.1, 0.15) is 17.3 Å². The number of benzene rings is 3. The lowest BCUT2D eigenvalue weighted by atomic mass is 9.95. The van der Waals surface area contributed by atoms with Gasteiger partial charge < -0.3 is 14.6 Å². The summed E-state index contributed by atoms with van der Waals surface area (Å²) in [6, 6.07) is 19.7. The van der Waals surface area contributed by atoms with Crippen molar-refractivity contribution in [1.29, 1.82) is 0 Å². The first-order valence-corrected chi connectivity index (χ1v) is 11.3. The molecule has 1 atom stereocenters. The number of carbonyl (C=O) groups excluding carboxylic acids is 2. The molecule has 0 bridgehead atoms. The monoisotopic (exact) mass is 477 g/mol. The molecule has 1 fully saturated rings. The molecule has 4 rings (SSSR count). The maximum Gasteiger partial charge on any atom is 0.300 e. The van der Waals surface area contributed by atoms with E-state index in [1.165, 1.54) is 4.90 Å². The van der Waals surface area contributed by atoms with Crippen molar-refractivity contribution in [2.45, 2.75) is 19.9 Å². The minimum Gasteiger partial charge on any atom is -0.507 e. The van der Waals surface area contributed by atoms with Crippen molar-refractivity contribution >= 4 is 34.7 Å². The second-order valence-corrected chi connectivity index (χ2v) is 8.04. The van der Waals surface area contributed by atoms with E-state index in [4.69, 9.17) is 21.1 Å². The summed E-state index contributed by atoms with van der Waals surface area (Å²) in [5.41, 5.74) is 1.57. The molecule has 3 aromatic rings. The molecule has 174 valence electrons. The number of nitrogens with zero attached hydrogens (tertiary/aromatic N) is 1. The predicted octanol–water partition coefficient (Wildman–Crippen LogP) is 5.76. The van der Waals surface area contributed by atoms with Gasteiger partial charge in [-0.3, -0.25) is 14.5 Å². The molecule has 1 aliphatic rings. The van der Waals surface area contributed by atoms with E-state index >= 15 is 0 Å². The number of rotatable bonds is 7. The minimum absolute atomic E-state index is 0.00497. The lowest BCUT2D eigenvalue weighted by Crippen LogP contribution is -2.29. The number of hydrogen-bond donors (Lipinski definition) is 1. The van der Waals surface area contributed by atoms with Crippen LogP contribution in [0, 0.1) is 0 Å². The summed E-state index contributed by atoms with van der Waals surface area (Å²) in [7, 11) is 0. The second kappa shape index (κ2) is 10.0. The lowest BCUT2D eigenvalue weighted by Gasteiger charge is -2.25. The van der Waals surface area contributed by atoms with Gasteiger partial charge in [0.2, 0.25) is 0 Å². The molecule has 1 aliphatic heterocycles. The van der Waals surface area contributed by atoms with E-state index in [1.807, 2.05) is 13.8 Å². The summed E-state index contributed by atoms with van der Waals surface area (Å²) >= 11 is 5.98. The Bertz CT molecular complexity index is 1220. The van der Waals surface area contributed by atoms with Gasteiger partial charge in [-0.2, -0.15) is 0 Å². The maximum absolute atomic E-state index is 13.2. The standard InChI is InChI=1S/C27H24ClNO5/c1-3-33-21-13-7-17(8-14-21)24-23(25(30)18-5-9-19(28)10-6-18)26(31)27(32)29(24)20-11-15-22(16-12-20)34-4-2/h5-16,24,30H,3-4H2,1-2H3/b25-23+. The van der Waals surface area contributed by atoms with E-state index in [2.05, 4.69) is 0 Å². The number of anilines is 1. The number of aliphatic hydroxyl groups excluding tert-OH is 1. The first-order chi connectivity index (χ1) is 16.4. The number of amides is 1. The topological polar surface area (TPSA) is 76.1 Å². The molecule has 0 radical (unpaired) electrons. The number of hydrogen-bond acceptors (Lipinski definition) is 5. The normalized spacial score (nSPS) is 17.1. The highest BCUT2D eigenvalue weighted by Crippen LogP contribution is 2.42. The zero-order valence-electron chi connectivity index (χ0n) is 18.8. The summed E-state index contributed by atoms with van der Waals surface area (Å²) < 4.78 is 11.0. The zero-order chi connectivity index (χ0) is 24.2. The van der Waals surface area contributed by atoms with E-state index in [0.29, 0.717) is 46.5 Å². The molecular weight excluding hydrogens is 454 g/mol. The molecular formula is C27H24ClNO5. The van der Waals surface area contributed by atoms with Crippen molar-refractivity contribution in [3.05, 3.63) is 94.5 Å². The molecule has 1 saturated heterocycles. The van der Waals surface area contributed by atoms with E-state index in [1.54, 1.807) is 72.8 Å². The van der Waals surface area contributed by atoms with Crippen molar-refractivity contribution in [2.24, 2.45) is 0 Å². The van der Waals surface area contributed by atoms with Crippen molar-refractivity contribution in [3.63, 3.8) is 0 Å². The number of ether oxygens (including phenoxy) is 2. The van der Waals surface area contributed by atoms with E-state index in [0.717, 1.165) is 0 Å². The Morgan fingerprint density at radius 1 is 0.853 bits per heavy atom. The van der Waals surface area contributed by atoms with Crippen molar-refractivity contribution in [1.82, 2.24) is 0 Å². The fourth-order valence-corrected chi connectivity index (χ4v) is 4.09. The van der Waals surface area contributed by atoms with E-state index in [9.17, 15) is 14.7 Å². The average Bonchev–Trinajstić information content (AvgIpc) is 3.11. The van der Waals surface area contributed by atoms with Gasteiger partial charge in [-0.1, -0.05) is 23.7 Å². The molecule has 1 amide bonds. The average molecular weight is 478 g/mol. The Hall–Kier alpha value is -3.77. The summed E-state index contributed by atoms with van der Waals surface area (Å²) in [6.07, 6.45) is 0. The second-order valence-electron chi connectivity index (χ2n) is 7.60. The van der Waals surface area contributed by atoms with Crippen molar-refractivity contribution < 1.29 is 24.2 Å².